The smallest absolute Gasteiger partial charge is 0.207 e. The summed E-state index contributed by atoms with van der Waals surface area (Å²) in [5.41, 5.74) is 0.384. The van der Waals surface area contributed by atoms with Gasteiger partial charge in [-0.3, -0.25) is 4.79 Å². The number of benzene rings is 1. The van der Waals surface area contributed by atoms with E-state index in [2.05, 4.69) is 5.32 Å². The minimum absolute atomic E-state index is 0.0696. The maximum absolute atomic E-state index is 13.0. The number of hydrogen-bond acceptors (Lipinski definition) is 1. The molecule has 0 fully saturated rings. The average Bonchev–Trinajstić information content (AvgIpc) is 2.08. The molecule has 0 heterocycles. The van der Waals surface area contributed by atoms with E-state index < -0.39 is 5.82 Å². The molecule has 0 atom stereocenters. The lowest BCUT2D eigenvalue weighted by Crippen LogP contribution is -2.11. The Balaban J connectivity index is 2.84. The van der Waals surface area contributed by atoms with Gasteiger partial charge in [-0.2, -0.15) is 0 Å². The highest BCUT2D eigenvalue weighted by atomic mass is 35.5. The van der Waals surface area contributed by atoms with Gasteiger partial charge in [0.1, 0.15) is 5.82 Å². The lowest BCUT2D eigenvalue weighted by molar-refractivity contribution is -0.109. The molecule has 4 heteroatoms. The largest absolute Gasteiger partial charge is 0.354 e. The fourth-order valence-corrected chi connectivity index (χ4v) is 1.03. The van der Waals surface area contributed by atoms with E-state index in [1.807, 2.05) is 0 Å². The molecule has 2 nitrogen and oxygen atoms in total. The Morgan fingerprint density at radius 1 is 1.58 bits per heavy atom. The van der Waals surface area contributed by atoms with Crippen LogP contribution >= 0.6 is 11.6 Å². The molecule has 0 unspecified atom stereocenters. The number of amides is 1. The molecule has 12 heavy (non-hydrogen) atoms. The molecule has 1 amide bonds. The highest BCUT2D eigenvalue weighted by Gasteiger charge is 2.04. The number of halogens is 2. The van der Waals surface area contributed by atoms with Crippen LogP contribution in [0.25, 0.3) is 0 Å². The molecule has 0 spiro atoms. The molecule has 0 radical (unpaired) electrons. The van der Waals surface area contributed by atoms with Crippen LogP contribution in [0.3, 0.4) is 0 Å². The van der Waals surface area contributed by atoms with Crippen LogP contribution in [0.2, 0.25) is 5.02 Å². The monoisotopic (exact) mass is 187 g/mol. The van der Waals surface area contributed by atoms with Gasteiger partial charge in [0.25, 0.3) is 0 Å². The van der Waals surface area contributed by atoms with E-state index in [0.717, 1.165) is 0 Å². The number of rotatable bonds is 3. The molecule has 0 saturated heterocycles. The molecule has 0 aromatic heterocycles. The quantitative estimate of drug-likeness (QED) is 0.718. The van der Waals surface area contributed by atoms with Gasteiger partial charge >= 0.3 is 0 Å². The molecule has 1 N–H and O–H groups in total. The van der Waals surface area contributed by atoms with E-state index in [-0.39, 0.29) is 11.6 Å². The van der Waals surface area contributed by atoms with E-state index in [1.165, 1.54) is 6.07 Å². The third-order valence-corrected chi connectivity index (χ3v) is 1.70. The standard InChI is InChI=1S/C8H7ClFNO/c9-7-3-1-2-6(8(7)10)4-11-5-12/h1-3,5H,4H2,(H,11,12). The van der Waals surface area contributed by atoms with E-state index in [0.29, 0.717) is 12.0 Å². The Morgan fingerprint density at radius 3 is 3.00 bits per heavy atom. The summed E-state index contributed by atoms with van der Waals surface area (Å²) >= 11 is 5.50. The van der Waals surface area contributed by atoms with E-state index in [1.54, 1.807) is 12.1 Å². The fraction of sp³-hybridized carbons (Fsp3) is 0.125. The summed E-state index contributed by atoms with van der Waals surface area (Å²) in [4.78, 5) is 9.91. The van der Waals surface area contributed by atoms with Crippen molar-refractivity contribution < 1.29 is 9.18 Å². The highest BCUT2D eigenvalue weighted by molar-refractivity contribution is 6.30. The second-order valence-corrected chi connectivity index (χ2v) is 2.62. The van der Waals surface area contributed by atoms with Crippen molar-refractivity contribution in [1.82, 2.24) is 5.32 Å². The van der Waals surface area contributed by atoms with Crippen molar-refractivity contribution in [3.8, 4) is 0 Å². The van der Waals surface area contributed by atoms with E-state index in [9.17, 15) is 9.18 Å². The molecule has 0 saturated carbocycles. The molecule has 0 bridgehead atoms. The predicted molar refractivity (Wildman–Crippen MR) is 44.3 cm³/mol. The first-order valence-electron chi connectivity index (χ1n) is 3.35. The van der Waals surface area contributed by atoms with Gasteiger partial charge in [-0.05, 0) is 6.07 Å². The Kier molecular flexibility index (Phi) is 3.05. The summed E-state index contributed by atoms with van der Waals surface area (Å²) < 4.78 is 13.0. The zero-order valence-electron chi connectivity index (χ0n) is 6.18. The zero-order valence-corrected chi connectivity index (χ0v) is 6.94. The van der Waals surface area contributed by atoms with Gasteiger partial charge in [-0.15, -0.1) is 0 Å². The molecule has 64 valence electrons. The van der Waals surface area contributed by atoms with Crippen molar-refractivity contribution in [2.75, 3.05) is 0 Å². The molecular weight excluding hydrogens is 181 g/mol. The SMILES string of the molecule is O=CNCc1cccc(Cl)c1F. The Labute approximate surface area is 74.3 Å². The van der Waals surface area contributed by atoms with Gasteiger partial charge in [-0.1, -0.05) is 23.7 Å². The topological polar surface area (TPSA) is 29.1 Å². The number of hydrogen-bond donors (Lipinski definition) is 1. The summed E-state index contributed by atoms with van der Waals surface area (Å²) in [6.45, 7) is 0.163. The number of nitrogens with one attached hydrogen (secondary N) is 1. The normalized spacial score (nSPS) is 9.50. The van der Waals surface area contributed by atoms with Crippen molar-refractivity contribution in [1.29, 1.82) is 0 Å². The van der Waals surface area contributed by atoms with Gasteiger partial charge in [0.15, 0.2) is 0 Å². The Morgan fingerprint density at radius 2 is 2.33 bits per heavy atom. The predicted octanol–water partition coefficient (Wildman–Crippen LogP) is 1.73. The molecular formula is C8H7ClFNO. The first kappa shape index (κ1) is 9.00. The summed E-state index contributed by atoms with van der Waals surface area (Å²) in [6.07, 6.45) is 0.514. The third-order valence-electron chi connectivity index (χ3n) is 1.41. The summed E-state index contributed by atoms with van der Waals surface area (Å²) in [5, 5.41) is 2.42. The van der Waals surface area contributed by atoms with Crippen LogP contribution in [0.4, 0.5) is 4.39 Å². The lowest BCUT2D eigenvalue weighted by Gasteiger charge is -2.02. The van der Waals surface area contributed by atoms with E-state index >= 15 is 0 Å². The Bertz CT molecular complexity index is 290. The second kappa shape index (κ2) is 4.07. The molecule has 1 rings (SSSR count). The van der Waals surface area contributed by atoms with Gasteiger partial charge in [0, 0.05) is 12.1 Å². The van der Waals surface area contributed by atoms with Crippen LogP contribution < -0.4 is 5.32 Å². The van der Waals surface area contributed by atoms with E-state index in [4.69, 9.17) is 11.6 Å². The van der Waals surface area contributed by atoms with Crippen LogP contribution in [0.1, 0.15) is 5.56 Å². The van der Waals surface area contributed by atoms with Crippen LogP contribution in [-0.2, 0) is 11.3 Å². The minimum Gasteiger partial charge on any atom is -0.354 e. The highest BCUT2D eigenvalue weighted by Crippen LogP contribution is 2.17. The average molecular weight is 188 g/mol. The van der Waals surface area contributed by atoms with Crippen LogP contribution in [0.5, 0.6) is 0 Å². The van der Waals surface area contributed by atoms with Gasteiger partial charge in [-0.25, -0.2) is 4.39 Å². The molecule has 1 aromatic rings. The lowest BCUT2D eigenvalue weighted by atomic mass is 10.2. The maximum atomic E-state index is 13.0. The molecule has 1 aromatic carbocycles. The van der Waals surface area contributed by atoms with Crippen LogP contribution in [0.15, 0.2) is 18.2 Å². The first-order valence-corrected chi connectivity index (χ1v) is 3.73. The second-order valence-electron chi connectivity index (χ2n) is 2.21. The first-order chi connectivity index (χ1) is 5.75. The molecule has 0 aliphatic rings. The number of carbonyl (C=O) groups is 1. The third kappa shape index (κ3) is 1.95. The van der Waals surface area contributed by atoms with Gasteiger partial charge in [0.2, 0.25) is 6.41 Å². The maximum Gasteiger partial charge on any atom is 0.207 e. The fourth-order valence-electron chi connectivity index (χ4n) is 0.837. The summed E-state index contributed by atoms with van der Waals surface area (Å²) in [5.74, 6) is -0.478. The number of carbonyl (C=O) groups excluding carboxylic acids is 1. The van der Waals surface area contributed by atoms with Crippen molar-refractivity contribution >= 4 is 18.0 Å². The van der Waals surface area contributed by atoms with Crippen LogP contribution in [-0.4, -0.2) is 6.41 Å². The van der Waals surface area contributed by atoms with Crippen molar-refractivity contribution in [3.05, 3.63) is 34.6 Å². The van der Waals surface area contributed by atoms with Crippen molar-refractivity contribution in [3.63, 3.8) is 0 Å². The molecule has 0 aliphatic carbocycles. The van der Waals surface area contributed by atoms with Crippen LogP contribution in [0, 0.1) is 5.82 Å². The van der Waals surface area contributed by atoms with Crippen molar-refractivity contribution in [2.24, 2.45) is 0 Å². The van der Waals surface area contributed by atoms with Gasteiger partial charge < -0.3 is 5.32 Å². The molecule has 0 aliphatic heterocycles. The van der Waals surface area contributed by atoms with Gasteiger partial charge in [0.05, 0.1) is 5.02 Å². The summed E-state index contributed by atoms with van der Waals surface area (Å²) in [7, 11) is 0. The van der Waals surface area contributed by atoms with Crippen molar-refractivity contribution in [2.45, 2.75) is 6.54 Å². The Hall–Kier alpha value is -1.09. The minimum atomic E-state index is -0.478. The summed E-state index contributed by atoms with van der Waals surface area (Å²) in [6, 6.07) is 4.66. The zero-order chi connectivity index (χ0) is 8.97.